The lowest BCUT2D eigenvalue weighted by Crippen LogP contribution is -2.00. The highest BCUT2D eigenvalue weighted by molar-refractivity contribution is 9.11. The lowest BCUT2D eigenvalue weighted by Gasteiger charge is -2.26. The Morgan fingerprint density at radius 2 is 0.689 bits per heavy atom. The predicted octanol–water partition coefficient (Wildman–Crippen LogP) is 13.0. The van der Waals surface area contributed by atoms with Gasteiger partial charge in [0, 0.05) is 35.0 Å². The SMILES string of the molecule is Brc1ccc(-c2c(-c3ccc(Br)cc3)c3c4ccccc4c4ncnc5c6ccccc6c(c2-c2ccc(Br)cc2)c3c45)cc1. The topological polar surface area (TPSA) is 25.8 Å². The van der Waals surface area contributed by atoms with Crippen molar-refractivity contribution in [3.63, 3.8) is 0 Å². The van der Waals surface area contributed by atoms with Crippen molar-refractivity contribution < 1.29 is 0 Å². The second kappa shape index (κ2) is 10.4. The highest BCUT2D eigenvalue weighted by atomic mass is 79.9. The van der Waals surface area contributed by atoms with E-state index in [9.17, 15) is 0 Å². The van der Waals surface area contributed by atoms with Crippen LogP contribution in [0, 0.1) is 0 Å². The minimum absolute atomic E-state index is 0.985. The normalized spacial score (nSPS) is 11.9. The molecule has 0 N–H and O–H groups in total. The van der Waals surface area contributed by atoms with Crippen molar-refractivity contribution in [3.05, 3.63) is 141 Å². The molecule has 0 fully saturated rings. The van der Waals surface area contributed by atoms with Crippen LogP contribution < -0.4 is 0 Å². The average molecular weight is 769 g/mol. The molecular formula is C40H21Br3N2. The summed E-state index contributed by atoms with van der Waals surface area (Å²) in [6.45, 7) is 0. The number of benzene rings is 8. The van der Waals surface area contributed by atoms with Gasteiger partial charge < -0.3 is 0 Å². The number of hydrogen-bond acceptors (Lipinski definition) is 2. The van der Waals surface area contributed by atoms with Crippen molar-refractivity contribution in [1.29, 1.82) is 0 Å². The Labute approximate surface area is 284 Å². The van der Waals surface area contributed by atoms with Crippen molar-refractivity contribution in [2.45, 2.75) is 0 Å². The number of fused-ring (bicyclic) bond motifs is 6. The van der Waals surface area contributed by atoms with Gasteiger partial charge in [0.25, 0.3) is 0 Å². The summed E-state index contributed by atoms with van der Waals surface area (Å²) in [5.41, 5.74) is 9.05. The minimum Gasteiger partial charge on any atom is -0.236 e. The molecule has 0 aliphatic carbocycles. The van der Waals surface area contributed by atoms with E-state index < -0.39 is 0 Å². The first-order chi connectivity index (χ1) is 22.1. The van der Waals surface area contributed by atoms with Gasteiger partial charge in [-0.2, -0.15) is 0 Å². The van der Waals surface area contributed by atoms with E-state index >= 15 is 0 Å². The molecule has 0 radical (unpaired) electrons. The Morgan fingerprint density at radius 3 is 1.09 bits per heavy atom. The third kappa shape index (κ3) is 4.11. The van der Waals surface area contributed by atoms with Crippen LogP contribution in [0.2, 0.25) is 0 Å². The summed E-state index contributed by atoms with van der Waals surface area (Å²) in [5.74, 6) is 0. The predicted molar refractivity (Wildman–Crippen MR) is 200 cm³/mol. The largest absolute Gasteiger partial charge is 0.236 e. The first kappa shape index (κ1) is 27.2. The van der Waals surface area contributed by atoms with Gasteiger partial charge in [-0.05, 0) is 91.3 Å². The highest BCUT2D eigenvalue weighted by Crippen LogP contribution is 2.55. The van der Waals surface area contributed by atoms with E-state index in [4.69, 9.17) is 9.97 Å². The van der Waals surface area contributed by atoms with Crippen molar-refractivity contribution in [2.24, 2.45) is 0 Å². The van der Waals surface area contributed by atoms with Crippen LogP contribution in [0.25, 0.3) is 87.5 Å². The molecule has 8 aromatic carbocycles. The summed E-state index contributed by atoms with van der Waals surface area (Å²) in [6, 6.07) is 43.6. The lowest BCUT2D eigenvalue weighted by molar-refractivity contribution is 1.27. The second-order valence-electron chi connectivity index (χ2n) is 11.3. The standard InChI is InChI=1S/C40H21Br3N2/c41-25-15-9-22(10-16-25)32-33(23-11-17-26(42)18-12-23)35-28-5-1-3-7-30(28)39-38-37(35)36(34(32)24-13-19-27(43)20-14-24)29-6-2-4-8-31(29)40(38)45-21-44-39/h1-21H. The zero-order valence-corrected chi connectivity index (χ0v) is 28.4. The van der Waals surface area contributed by atoms with Gasteiger partial charge in [-0.15, -0.1) is 0 Å². The van der Waals surface area contributed by atoms with Crippen molar-refractivity contribution in [3.8, 4) is 33.4 Å². The summed E-state index contributed by atoms with van der Waals surface area (Å²) >= 11 is 11.1. The maximum absolute atomic E-state index is 4.96. The second-order valence-corrected chi connectivity index (χ2v) is 14.1. The van der Waals surface area contributed by atoms with Gasteiger partial charge in [-0.3, -0.25) is 0 Å². The molecule has 5 heteroatoms. The molecular weight excluding hydrogens is 748 g/mol. The van der Waals surface area contributed by atoms with Crippen LogP contribution in [-0.4, -0.2) is 9.97 Å². The summed E-state index contributed by atoms with van der Waals surface area (Å²) in [6.07, 6.45) is 1.72. The first-order valence-electron chi connectivity index (χ1n) is 14.6. The molecule has 9 aromatic rings. The van der Waals surface area contributed by atoms with Crippen molar-refractivity contribution in [1.82, 2.24) is 9.97 Å². The smallest absolute Gasteiger partial charge is 0.116 e. The number of aromatic nitrogens is 2. The molecule has 1 heterocycles. The van der Waals surface area contributed by atoms with Crippen LogP contribution in [0.4, 0.5) is 0 Å². The van der Waals surface area contributed by atoms with Crippen LogP contribution in [0.15, 0.2) is 141 Å². The molecule has 2 nitrogen and oxygen atoms in total. The molecule has 0 saturated heterocycles. The van der Waals surface area contributed by atoms with Gasteiger partial charge in [0.15, 0.2) is 0 Å². The molecule has 0 saturated carbocycles. The lowest BCUT2D eigenvalue weighted by atomic mass is 9.77. The van der Waals surface area contributed by atoms with E-state index in [1.165, 1.54) is 43.6 Å². The van der Waals surface area contributed by atoms with Gasteiger partial charge in [0.2, 0.25) is 0 Å². The third-order valence-corrected chi connectivity index (χ3v) is 10.5. The fraction of sp³-hybridized carbons (Fsp3) is 0. The number of halogens is 3. The van der Waals surface area contributed by atoms with Gasteiger partial charge >= 0.3 is 0 Å². The summed E-state index contributed by atoms with van der Waals surface area (Å²) in [7, 11) is 0. The molecule has 0 aliphatic rings. The van der Waals surface area contributed by atoms with Gasteiger partial charge in [-0.1, -0.05) is 133 Å². The quantitative estimate of drug-likeness (QED) is 0.132. The van der Waals surface area contributed by atoms with E-state index in [-0.39, 0.29) is 0 Å². The molecule has 0 aliphatic heterocycles. The van der Waals surface area contributed by atoms with E-state index in [1.54, 1.807) is 6.33 Å². The Bertz CT molecular complexity index is 2440. The zero-order valence-electron chi connectivity index (χ0n) is 23.7. The fourth-order valence-corrected chi connectivity index (χ4v) is 7.89. The Kier molecular flexibility index (Phi) is 6.31. The van der Waals surface area contributed by atoms with Gasteiger partial charge in [0.05, 0.1) is 11.0 Å². The third-order valence-electron chi connectivity index (χ3n) is 8.90. The monoisotopic (exact) mass is 766 g/mol. The van der Waals surface area contributed by atoms with Crippen LogP contribution >= 0.6 is 47.8 Å². The van der Waals surface area contributed by atoms with E-state index in [0.717, 1.165) is 57.3 Å². The Hall–Kier alpha value is -4.16. The highest BCUT2D eigenvalue weighted by Gasteiger charge is 2.28. The molecule has 212 valence electrons. The van der Waals surface area contributed by atoms with E-state index in [2.05, 4.69) is 169 Å². The van der Waals surface area contributed by atoms with Crippen molar-refractivity contribution in [2.75, 3.05) is 0 Å². The average Bonchev–Trinajstić information content (AvgIpc) is 3.08. The minimum atomic E-state index is 0.985. The van der Waals surface area contributed by atoms with Crippen LogP contribution in [0.1, 0.15) is 0 Å². The molecule has 45 heavy (non-hydrogen) atoms. The molecule has 0 spiro atoms. The fourth-order valence-electron chi connectivity index (χ4n) is 7.10. The molecule has 0 bridgehead atoms. The Balaban J connectivity index is 1.70. The van der Waals surface area contributed by atoms with Crippen LogP contribution in [0.3, 0.4) is 0 Å². The summed E-state index contributed by atoms with van der Waals surface area (Å²) in [5, 5.41) is 9.39. The molecule has 0 atom stereocenters. The molecule has 1 aromatic heterocycles. The van der Waals surface area contributed by atoms with E-state index in [0.29, 0.717) is 0 Å². The number of nitrogens with zero attached hydrogens (tertiary/aromatic N) is 2. The van der Waals surface area contributed by atoms with Gasteiger partial charge in [-0.25, -0.2) is 9.97 Å². The van der Waals surface area contributed by atoms with Crippen molar-refractivity contribution >= 4 is 102 Å². The zero-order chi connectivity index (χ0) is 30.2. The summed E-state index contributed by atoms with van der Waals surface area (Å²) in [4.78, 5) is 9.92. The molecule has 0 unspecified atom stereocenters. The number of hydrogen-bond donors (Lipinski definition) is 0. The maximum atomic E-state index is 4.96. The maximum Gasteiger partial charge on any atom is 0.116 e. The molecule has 9 rings (SSSR count). The van der Waals surface area contributed by atoms with Crippen LogP contribution in [0.5, 0.6) is 0 Å². The van der Waals surface area contributed by atoms with E-state index in [1.807, 2.05) is 0 Å². The first-order valence-corrected chi connectivity index (χ1v) is 17.0. The Morgan fingerprint density at radius 1 is 0.333 bits per heavy atom. The number of rotatable bonds is 3. The van der Waals surface area contributed by atoms with Gasteiger partial charge in [0.1, 0.15) is 6.33 Å². The molecule has 0 amide bonds. The summed E-state index contributed by atoms with van der Waals surface area (Å²) < 4.78 is 3.14. The van der Waals surface area contributed by atoms with Crippen LogP contribution in [-0.2, 0) is 0 Å².